The summed E-state index contributed by atoms with van der Waals surface area (Å²) in [6.07, 6.45) is 19.3. The van der Waals surface area contributed by atoms with E-state index in [1.165, 1.54) is 44.9 Å². The smallest absolute Gasteiger partial charge is 0.0200 e. The van der Waals surface area contributed by atoms with Gasteiger partial charge in [-0.2, -0.15) is 0 Å². The Morgan fingerprint density at radius 1 is 1.00 bits per heavy atom. The molecule has 0 amide bonds. The molecule has 0 spiro atoms. The predicted molar refractivity (Wildman–Crippen MR) is 76.4 cm³/mol. The van der Waals surface area contributed by atoms with E-state index in [0.29, 0.717) is 8.61 Å². The van der Waals surface area contributed by atoms with E-state index >= 15 is 0 Å². The van der Waals surface area contributed by atoms with Gasteiger partial charge in [0.1, 0.15) is 0 Å². The Labute approximate surface area is 103 Å². The van der Waals surface area contributed by atoms with Gasteiger partial charge in [-0.25, -0.2) is 0 Å². The summed E-state index contributed by atoms with van der Waals surface area (Å²) in [6, 6.07) is 1.55. The summed E-state index contributed by atoms with van der Waals surface area (Å²) >= 11 is 0. The van der Waals surface area contributed by atoms with Crippen molar-refractivity contribution in [3.63, 3.8) is 0 Å². The number of hydrogen-bond acceptors (Lipinski definition) is 0. The highest BCUT2D eigenvalue weighted by Gasteiger charge is 2.07. The molecule has 0 atom stereocenters. The van der Waals surface area contributed by atoms with Crippen LogP contribution >= 0.6 is 0 Å². The fourth-order valence-corrected chi connectivity index (χ4v) is 8.70. The van der Waals surface area contributed by atoms with Gasteiger partial charge in [0, 0.05) is 16.5 Å². The van der Waals surface area contributed by atoms with Crippen LogP contribution in [0.2, 0.25) is 6.04 Å². The van der Waals surface area contributed by atoms with Gasteiger partial charge in [-0.05, 0) is 44.6 Å². The van der Waals surface area contributed by atoms with Crippen molar-refractivity contribution < 1.29 is 0 Å². The Hall–Kier alpha value is -0.346. The van der Waals surface area contributed by atoms with Crippen LogP contribution in [0, 0.1) is 0 Å². The molecule has 0 bridgehead atoms. The maximum absolute atomic E-state index is 2.54. The summed E-state index contributed by atoms with van der Waals surface area (Å²) in [7, 11) is 0.479. The van der Waals surface area contributed by atoms with Crippen LogP contribution in [0.1, 0.15) is 44.9 Å². The highest BCUT2D eigenvalue weighted by atomic mass is 28.9. The van der Waals surface area contributed by atoms with Crippen LogP contribution in [0.25, 0.3) is 0 Å². The fraction of sp³-hybridized carbons (Fsp3) is 0.571. The molecule has 0 aromatic carbocycles. The Morgan fingerprint density at radius 2 is 1.88 bits per heavy atom. The van der Waals surface area contributed by atoms with E-state index in [1.54, 1.807) is 6.04 Å². The Bertz CT molecular complexity index is 301. The van der Waals surface area contributed by atoms with Gasteiger partial charge in [-0.15, -0.1) is 0 Å². The number of hydrogen-bond donors (Lipinski definition) is 0. The zero-order valence-electron chi connectivity index (χ0n) is 10.1. The summed E-state index contributed by atoms with van der Waals surface area (Å²) in [5, 5.41) is 1.85. The minimum atomic E-state index is -0.140. The van der Waals surface area contributed by atoms with E-state index < -0.39 is 0 Å². The van der Waals surface area contributed by atoms with Gasteiger partial charge in [-0.1, -0.05) is 41.6 Å². The molecular weight excluding hydrogens is 224 g/mol. The van der Waals surface area contributed by atoms with Crippen molar-refractivity contribution in [3.05, 3.63) is 35.2 Å². The van der Waals surface area contributed by atoms with Crippen molar-refractivity contribution in [1.29, 1.82) is 0 Å². The lowest BCUT2D eigenvalue weighted by molar-refractivity contribution is 0.749. The Kier molecular flexibility index (Phi) is 5.36. The quantitative estimate of drug-likeness (QED) is 0.619. The molecule has 1 aliphatic carbocycles. The van der Waals surface area contributed by atoms with Gasteiger partial charge in [0.15, 0.2) is 0 Å². The summed E-state index contributed by atoms with van der Waals surface area (Å²) in [6.45, 7) is 0. The van der Waals surface area contributed by atoms with Crippen LogP contribution in [0.5, 0.6) is 0 Å². The van der Waals surface area contributed by atoms with Crippen molar-refractivity contribution in [2.45, 2.75) is 51.0 Å². The molecule has 2 aliphatic rings. The topological polar surface area (TPSA) is 0 Å². The Morgan fingerprint density at radius 3 is 2.88 bits per heavy atom. The normalized spacial score (nSPS) is 22.5. The molecule has 1 heterocycles. The zero-order valence-corrected chi connectivity index (χ0v) is 12.3. The molecule has 0 aromatic heterocycles. The standard InChI is InChI=1S/C14H22Si2/c1-2-6-10-14(11-7-3-1)16-13-9-5-4-8-12-15-16/h2,6,8,10,12,15H,1,3-5,7,9,11,13H2. The first-order chi connectivity index (χ1) is 7.97. The fourth-order valence-electron chi connectivity index (χ4n) is 2.42. The number of rotatable bonds is 1. The summed E-state index contributed by atoms with van der Waals surface area (Å²) in [5.74, 6) is 0. The molecule has 0 radical (unpaired) electrons. The molecule has 0 saturated heterocycles. The molecule has 0 aromatic rings. The molecule has 2 heteroatoms. The first-order valence-corrected chi connectivity index (χ1v) is 10.9. The lowest BCUT2D eigenvalue weighted by atomic mass is 10.1. The lowest BCUT2D eigenvalue weighted by Crippen LogP contribution is -2.11. The van der Waals surface area contributed by atoms with Gasteiger partial charge < -0.3 is 0 Å². The second-order valence-electron chi connectivity index (χ2n) is 4.73. The SMILES string of the molecule is C1=CCCCCC([Si]2=[SiH]C=CCCCC2)=C1. The van der Waals surface area contributed by atoms with Gasteiger partial charge >= 0.3 is 0 Å². The second kappa shape index (κ2) is 7.07. The van der Waals surface area contributed by atoms with Crippen LogP contribution < -0.4 is 0 Å². The minimum absolute atomic E-state index is 0.140. The maximum Gasteiger partial charge on any atom is 0.0200 e. The average molecular weight is 247 g/mol. The monoisotopic (exact) mass is 246 g/mol. The third-order valence-electron chi connectivity index (χ3n) is 3.41. The maximum atomic E-state index is 2.54. The van der Waals surface area contributed by atoms with Crippen LogP contribution in [-0.4, -0.2) is 16.5 Å². The lowest BCUT2D eigenvalue weighted by Gasteiger charge is -2.13. The Balaban J connectivity index is 2.13. The first-order valence-electron chi connectivity index (χ1n) is 6.68. The van der Waals surface area contributed by atoms with Crippen molar-refractivity contribution in [1.82, 2.24) is 0 Å². The van der Waals surface area contributed by atoms with E-state index in [-0.39, 0.29) is 7.89 Å². The molecule has 86 valence electrons. The van der Waals surface area contributed by atoms with Crippen LogP contribution in [0.4, 0.5) is 0 Å². The molecule has 0 saturated carbocycles. The molecule has 0 unspecified atom stereocenters. The van der Waals surface area contributed by atoms with Crippen LogP contribution in [0.15, 0.2) is 35.2 Å². The zero-order chi connectivity index (χ0) is 11.1. The van der Waals surface area contributed by atoms with Crippen LogP contribution in [0.3, 0.4) is 0 Å². The molecule has 0 fully saturated rings. The molecule has 0 nitrogen and oxygen atoms in total. The van der Waals surface area contributed by atoms with Crippen molar-refractivity contribution in [2.75, 3.05) is 0 Å². The largest absolute Gasteiger partial charge is 0.0894 e. The average Bonchev–Trinajstić information content (AvgIpc) is 2.18. The number of allylic oxidation sites excluding steroid dienone is 5. The summed E-state index contributed by atoms with van der Waals surface area (Å²) in [5.41, 5.74) is 2.54. The third-order valence-corrected chi connectivity index (χ3v) is 10.2. The second-order valence-corrected chi connectivity index (χ2v) is 10.7. The van der Waals surface area contributed by atoms with E-state index in [2.05, 4.69) is 30.0 Å². The van der Waals surface area contributed by atoms with E-state index in [4.69, 9.17) is 0 Å². The first kappa shape index (κ1) is 12.1. The van der Waals surface area contributed by atoms with Crippen molar-refractivity contribution >= 4 is 16.5 Å². The minimum Gasteiger partial charge on any atom is -0.0894 e. The van der Waals surface area contributed by atoms with Crippen LogP contribution in [-0.2, 0) is 0 Å². The molecule has 0 N–H and O–H groups in total. The highest BCUT2D eigenvalue weighted by Crippen LogP contribution is 2.17. The molecule has 16 heavy (non-hydrogen) atoms. The molecular formula is C14H22Si2. The van der Waals surface area contributed by atoms with E-state index in [0.717, 1.165) is 0 Å². The van der Waals surface area contributed by atoms with E-state index in [1.807, 2.05) is 5.20 Å². The molecule has 2 rings (SSSR count). The summed E-state index contributed by atoms with van der Waals surface area (Å²) in [4.78, 5) is 0. The van der Waals surface area contributed by atoms with Gasteiger partial charge in [0.05, 0.1) is 0 Å². The van der Waals surface area contributed by atoms with E-state index in [9.17, 15) is 0 Å². The van der Waals surface area contributed by atoms with Crippen molar-refractivity contribution in [2.24, 2.45) is 0 Å². The van der Waals surface area contributed by atoms with Crippen molar-refractivity contribution in [3.8, 4) is 0 Å². The molecule has 1 aliphatic heterocycles. The summed E-state index contributed by atoms with van der Waals surface area (Å²) < 4.78 is 0. The third kappa shape index (κ3) is 3.91. The van der Waals surface area contributed by atoms with Gasteiger partial charge in [0.2, 0.25) is 0 Å². The van der Waals surface area contributed by atoms with Gasteiger partial charge in [0.25, 0.3) is 0 Å². The predicted octanol–water partition coefficient (Wildman–Crippen LogP) is 3.71. The highest BCUT2D eigenvalue weighted by molar-refractivity contribution is 6.92. The van der Waals surface area contributed by atoms with Gasteiger partial charge in [-0.3, -0.25) is 0 Å².